The molecule has 1 aliphatic carbocycles. The molecule has 0 aromatic carbocycles. The molecule has 2 aromatic rings. The zero-order valence-electron chi connectivity index (χ0n) is 15.7. The molecule has 0 spiro atoms. The van der Waals surface area contributed by atoms with Crippen molar-refractivity contribution in [2.45, 2.75) is 38.8 Å². The van der Waals surface area contributed by atoms with Crippen LogP contribution in [0.4, 0.5) is 16.6 Å². The van der Waals surface area contributed by atoms with Crippen LogP contribution < -0.4 is 21.7 Å². The first-order valence-electron chi connectivity index (χ1n) is 8.94. The second kappa shape index (κ2) is 8.34. The zero-order valence-corrected chi connectivity index (χ0v) is 16.5. The van der Waals surface area contributed by atoms with Crippen molar-refractivity contribution in [1.29, 1.82) is 0 Å². The standard InChI is InChI=1S/C18H23N7O2S/c1-4-14(26)22-12-6-5-11(10(12)3)21-13-8-20-16(17(19)27)18(23-13)24-15-7-9(2)25-28-15/h4,7-8,10-12H,1,5-6H2,2-3H3,(H2,19,27)(H,22,26)(H2,21,23,24)/t10-,11-,12?/m1/s1. The van der Waals surface area contributed by atoms with Crippen LogP contribution in [0.2, 0.25) is 0 Å². The van der Waals surface area contributed by atoms with E-state index in [1.165, 1.54) is 23.8 Å². The average Bonchev–Trinajstić information content (AvgIpc) is 3.21. The molecule has 1 saturated carbocycles. The van der Waals surface area contributed by atoms with Crippen molar-refractivity contribution in [2.75, 3.05) is 10.6 Å². The van der Waals surface area contributed by atoms with Gasteiger partial charge in [-0.05, 0) is 49.4 Å². The molecule has 0 bridgehead atoms. The summed E-state index contributed by atoms with van der Waals surface area (Å²) in [7, 11) is 0. The summed E-state index contributed by atoms with van der Waals surface area (Å²) in [4.78, 5) is 31.9. The SMILES string of the molecule is C=CC(=O)NC1CC[C@@H](Nc2cnc(C(N)=O)c(Nc3cc(C)ns3)n2)[C@H]1C. The third-order valence-corrected chi connectivity index (χ3v) is 5.58. The summed E-state index contributed by atoms with van der Waals surface area (Å²) in [6, 6.07) is 2.03. The molecule has 1 fully saturated rings. The molecule has 2 amide bonds. The van der Waals surface area contributed by atoms with Gasteiger partial charge < -0.3 is 21.7 Å². The Morgan fingerprint density at radius 3 is 2.75 bits per heavy atom. The van der Waals surface area contributed by atoms with E-state index in [1.54, 1.807) is 0 Å². The molecule has 0 aliphatic heterocycles. The second-order valence-corrected chi connectivity index (χ2v) is 7.59. The van der Waals surface area contributed by atoms with Crippen LogP contribution in [0.15, 0.2) is 24.9 Å². The van der Waals surface area contributed by atoms with Gasteiger partial charge in [-0.2, -0.15) is 4.37 Å². The first-order valence-corrected chi connectivity index (χ1v) is 9.71. The van der Waals surface area contributed by atoms with Crippen molar-refractivity contribution in [3.63, 3.8) is 0 Å². The van der Waals surface area contributed by atoms with Crippen molar-refractivity contribution in [3.05, 3.63) is 36.3 Å². The number of rotatable bonds is 7. The first kappa shape index (κ1) is 19.7. The average molecular weight is 401 g/mol. The number of nitrogens with one attached hydrogen (secondary N) is 3. The highest BCUT2D eigenvalue weighted by Crippen LogP contribution is 2.29. The molecule has 0 radical (unpaired) electrons. The minimum absolute atomic E-state index is 0.0622. The molecule has 5 N–H and O–H groups in total. The predicted molar refractivity (Wildman–Crippen MR) is 109 cm³/mol. The fraction of sp³-hybridized carbons (Fsp3) is 0.389. The number of amides is 2. The normalized spacial score (nSPS) is 21.1. The van der Waals surface area contributed by atoms with E-state index in [-0.39, 0.29) is 35.4 Å². The van der Waals surface area contributed by atoms with Crippen LogP contribution in [0.3, 0.4) is 0 Å². The van der Waals surface area contributed by atoms with Crippen molar-refractivity contribution in [3.8, 4) is 0 Å². The van der Waals surface area contributed by atoms with Gasteiger partial charge in [-0.3, -0.25) is 9.59 Å². The lowest BCUT2D eigenvalue weighted by Gasteiger charge is -2.22. The molecule has 2 heterocycles. The number of aryl methyl sites for hydroxylation is 1. The monoisotopic (exact) mass is 401 g/mol. The van der Waals surface area contributed by atoms with Gasteiger partial charge in [0.2, 0.25) is 5.91 Å². The Labute approximate surface area is 167 Å². The zero-order chi connectivity index (χ0) is 20.3. The number of hydrogen-bond donors (Lipinski definition) is 4. The van der Waals surface area contributed by atoms with Gasteiger partial charge in [-0.15, -0.1) is 0 Å². The number of carbonyl (C=O) groups excluding carboxylic acids is 2. The smallest absolute Gasteiger partial charge is 0.271 e. The van der Waals surface area contributed by atoms with Crippen LogP contribution >= 0.6 is 11.5 Å². The van der Waals surface area contributed by atoms with Crippen molar-refractivity contribution in [1.82, 2.24) is 19.7 Å². The molecular weight excluding hydrogens is 378 g/mol. The van der Waals surface area contributed by atoms with Gasteiger partial charge in [0, 0.05) is 12.1 Å². The Morgan fingerprint density at radius 2 is 2.11 bits per heavy atom. The molecule has 9 nitrogen and oxygen atoms in total. The molecule has 3 atom stereocenters. The molecular formula is C18H23N7O2S. The van der Waals surface area contributed by atoms with Crippen LogP contribution in [0.5, 0.6) is 0 Å². The number of aromatic nitrogens is 3. The van der Waals surface area contributed by atoms with E-state index in [0.717, 1.165) is 23.5 Å². The predicted octanol–water partition coefficient (Wildman–Crippen LogP) is 1.97. The number of anilines is 3. The minimum Gasteiger partial charge on any atom is -0.366 e. The second-order valence-electron chi connectivity index (χ2n) is 6.78. The van der Waals surface area contributed by atoms with E-state index >= 15 is 0 Å². The van der Waals surface area contributed by atoms with Crippen molar-refractivity contribution < 1.29 is 9.59 Å². The molecule has 0 saturated heterocycles. The number of hydrogen-bond acceptors (Lipinski definition) is 8. The quantitative estimate of drug-likeness (QED) is 0.521. The fourth-order valence-electron chi connectivity index (χ4n) is 3.27. The Balaban J connectivity index is 1.75. The molecule has 1 aliphatic rings. The molecule has 148 valence electrons. The lowest BCUT2D eigenvalue weighted by atomic mass is 10.0. The van der Waals surface area contributed by atoms with E-state index in [0.29, 0.717) is 5.82 Å². The van der Waals surface area contributed by atoms with E-state index in [4.69, 9.17) is 5.73 Å². The van der Waals surface area contributed by atoms with E-state index < -0.39 is 5.91 Å². The number of carbonyl (C=O) groups is 2. The largest absolute Gasteiger partial charge is 0.366 e. The molecule has 3 rings (SSSR count). The summed E-state index contributed by atoms with van der Waals surface area (Å²) in [5.74, 6) is 0.172. The van der Waals surface area contributed by atoms with E-state index in [1.807, 2.05) is 13.0 Å². The minimum atomic E-state index is -0.663. The summed E-state index contributed by atoms with van der Waals surface area (Å²) in [5.41, 5.74) is 6.35. The Morgan fingerprint density at radius 1 is 1.36 bits per heavy atom. The van der Waals surface area contributed by atoms with Crippen molar-refractivity contribution >= 4 is 40.0 Å². The van der Waals surface area contributed by atoms with Gasteiger partial charge in [0.25, 0.3) is 5.91 Å². The molecule has 1 unspecified atom stereocenters. The lowest BCUT2D eigenvalue weighted by molar-refractivity contribution is -0.117. The number of nitrogens with two attached hydrogens (primary N) is 1. The summed E-state index contributed by atoms with van der Waals surface area (Å²) >= 11 is 1.26. The van der Waals surface area contributed by atoms with Gasteiger partial charge in [-0.25, -0.2) is 9.97 Å². The highest BCUT2D eigenvalue weighted by Gasteiger charge is 2.33. The van der Waals surface area contributed by atoms with Gasteiger partial charge in [-0.1, -0.05) is 13.5 Å². The highest BCUT2D eigenvalue weighted by atomic mass is 32.1. The van der Waals surface area contributed by atoms with Crippen molar-refractivity contribution in [2.24, 2.45) is 11.7 Å². The Hall–Kier alpha value is -3.01. The summed E-state index contributed by atoms with van der Waals surface area (Å²) in [5, 5.41) is 10.1. The summed E-state index contributed by atoms with van der Waals surface area (Å²) in [6.07, 6.45) is 4.50. The maximum Gasteiger partial charge on any atom is 0.271 e. The number of primary amides is 1. The van der Waals surface area contributed by atoms with Crippen LogP contribution in [0, 0.1) is 12.8 Å². The number of nitrogens with zero attached hydrogens (tertiary/aromatic N) is 3. The third-order valence-electron chi connectivity index (χ3n) is 4.78. The molecule has 2 aromatic heterocycles. The highest BCUT2D eigenvalue weighted by molar-refractivity contribution is 7.10. The van der Waals surface area contributed by atoms with Gasteiger partial charge >= 0.3 is 0 Å². The maximum atomic E-state index is 11.7. The van der Waals surface area contributed by atoms with E-state index in [2.05, 4.69) is 43.8 Å². The summed E-state index contributed by atoms with van der Waals surface area (Å²) in [6.45, 7) is 7.44. The van der Waals surface area contributed by atoms with E-state index in [9.17, 15) is 9.59 Å². The topological polar surface area (TPSA) is 135 Å². The maximum absolute atomic E-state index is 11.7. The lowest BCUT2D eigenvalue weighted by Crippen LogP contribution is -2.39. The van der Waals surface area contributed by atoms with Gasteiger partial charge in [0.05, 0.1) is 11.9 Å². The van der Waals surface area contributed by atoms with Gasteiger partial charge in [0.15, 0.2) is 11.5 Å². The Bertz CT molecular complexity index is 898. The molecule has 28 heavy (non-hydrogen) atoms. The first-order chi connectivity index (χ1) is 13.4. The van der Waals surface area contributed by atoms with Crippen LogP contribution in [0.1, 0.15) is 35.9 Å². The Kier molecular flexibility index (Phi) is 5.88. The van der Waals surface area contributed by atoms with Crippen LogP contribution in [-0.2, 0) is 4.79 Å². The van der Waals surface area contributed by atoms with Crippen LogP contribution in [-0.4, -0.2) is 38.2 Å². The fourth-order valence-corrected chi connectivity index (χ4v) is 3.93. The molecule has 10 heteroatoms. The third kappa shape index (κ3) is 4.45. The summed E-state index contributed by atoms with van der Waals surface area (Å²) < 4.78 is 4.20. The van der Waals surface area contributed by atoms with Gasteiger partial charge in [0.1, 0.15) is 10.8 Å². The van der Waals surface area contributed by atoms with Crippen LogP contribution in [0.25, 0.3) is 0 Å².